The van der Waals surface area contributed by atoms with E-state index in [1.165, 1.54) is 25.7 Å². The van der Waals surface area contributed by atoms with E-state index in [1.54, 1.807) is 4.90 Å². The Labute approximate surface area is 181 Å². The predicted octanol–water partition coefficient (Wildman–Crippen LogP) is 0.774. The zero-order chi connectivity index (χ0) is 20.3. The van der Waals surface area contributed by atoms with Gasteiger partial charge in [-0.05, 0) is 42.5 Å². The molecule has 0 spiro atoms. The highest BCUT2D eigenvalue weighted by Crippen LogP contribution is 2.29. The number of carbonyl (C=O) groups excluding carboxylic acids is 1. The number of hydrogen-bond acceptors (Lipinski definition) is 3. The first kappa shape index (κ1) is 19.7. The molecule has 0 saturated carbocycles. The van der Waals surface area contributed by atoms with Crippen LogP contribution in [0, 0.1) is 0 Å². The number of fused-ring (bicyclic) bond motifs is 2. The molecule has 30 heavy (non-hydrogen) atoms. The molecule has 2 aromatic carbocycles. The monoisotopic (exact) mass is 422 g/mol. The van der Waals surface area contributed by atoms with Crippen LogP contribution in [0.15, 0.2) is 48.5 Å². The van der Waals surface area contributed by atoms with Gasteiger partial charge in [0.2, 0.25) is 0 Å². The van der Waals surface area contributed by atoms with Gasteiger partial charge in [0, 0.05) is 0 Å². The lowest BCUT2D eigenvalue weighted by atomic mass is 9.88. The Morgan fingerprint density at radius 3 is 2.67 bits per heavy atom. The van der Waals surface area contributed by atoms with Gasteiger partial charge in [-0.3, -0.25) is 4.79 Å². The molecule has 156 valence electrons. The number of nitrogens with zero attached hydrogens (tertiary/aromatic N) is 1. The van der Waals surface area contributed by atoms with Crippen LogP contribution in [0.25, 0.3) is 10.2 Å². The molecule has 1 amide bonds. The van der Waals surface area contributed by atoms with Gasteiger partial charge in [0.25, 0.3) is 5.91 Å². The highest BCUT2D eigenvalue weighted by atomic mass is 32.1. The fraction of sp³-hybridized carbons (Fsp3) is 0.417. The van der Waals surface area contributed by atoms with E-state index in [-0.39, 0.29) is 11.9 Å². The highest BCUT2D eigenvalue weighted by Gasteiger charge is 2.27. The van der Waals surface area contributed by atoms with E-state index in [4.69, 9.17) is 4.98 Å². The van der Waals surface area contributed by atoms with E-state index in [9.17, 15) is 4.79 Å². The van der Waals surface area contributed by atoms with Crippen molar-refractivity contribution in [1.29, 1.82) is 0 Å². The molecule has 3 N–H and O–H groups in total. The second kappa shape index (κ2) is 8.84. The van der Waals surface area contributed by atoms with Crippen molar-refractivity contribution in [2.45, 2.75) is 31.8 Å². The van der Waals surface area contributed by atoms with Gasteiger partial charge in [0.1, 0.15) is 37.7 Å². The average molecular weight is 423 g/mol. The molecule has 2 aliphatic rings. The summed E-state index contributed by atoms with van der Waals surface area (Å²) >= 11 is 1.81. The van der Waals surface area contributed by atoms with Gasteiger partial charge in [-0.15, -0.1) is 11.3 Å². The molecular weight excluding hydrogens is 392 g/mol. The molecule has 1 fully saturated rings. The fourth-order valence-corrected chi connectivity index (χ4v) is 5.94. The van der Waals surface area contributed by atoms with Gasteiger partial charge >= 0.3 is 0 Å². The predicted molar refractivity (Wildman–Crippen MR) is 120 cm³/mol. The minimum Gasteiger partial charge on any atom is -0.344 e. The number of carbonyl (C=O) groups is 1. The first-order valence-electron chi connectivity index (χ1n) is 11.1. The lowest BCUT2D eigenvalue weighted by Crippen LogP contribution is -3.28. The molecule has 0 radical (unpaired) electrons. The smallest absolute Gasteiger partial charge is 0.275 e. The van der Waals surface area contributed by atoms with E-state index in [0.717, 1.165) is 57.5 Å². The van der Waals surface area contributed by atoms with Crippen molar-refractivity contribution in [3.8, 4) is 0 Å². The first-order valence-corrected chi connectivity index (χ1v) is 11.9. The summed E-state index contributed by atoms with van der Waals surface area (Å²) in [5.41, 5.74) is 3.83. The van der Waals surface area contributed by atoms with Crippen LogP contribution in [-0.4, -0.2) is 43.6 Å². The number of thiazole rings is 1. The lowest BCUT2D eigenvalue weighted by molar-refractivity contribution is -1.02. The Balaban J connectivity index is 1.11. The summed E-state index contributed by atoms with van der Waals surface area (Å²) in [4.78, 5) is 20.5. The van der Waals surface area contributed by atoms with Crippen LogP contribution in [-0.2, 0) is 17.8 Å². The van der Waals surface area contributed by atoms with Gasteiger partial charge in [-0.25, -0.2) is 4.98 Å². The van der Waals surface area contributed by atoms with Crippen LogP contribution < -0.4 is 15.1 Å². The Bertz CT molecular complexity index is 992. The molecule has 0 bridgehead atoms. The number of aromatic nitrogens is 1. The molecule has 1 aliphatic heterocycles. The summed E-state index contributed by atoms with van der Waals surface area (Å²) in [6.45, 7) is 5.89. The number of piperazine rings is 1. The largest absolute Gasteiger partial charge is 0.344 e. The molecule has 2 heterocycles. The van der Waals surface area contributed by atoms with Gasteiger partial charge in [0.05, 0.1) is 16.3 Å². The number of rotatable bonds is 5. The van der Waals surface area contributed by atoms with E-state index in [0.29, 0.717) is 6.54 Å². The number of amides is 1. The van der Waals surface area contributed by atoms with Gasteiger partial charge in [-0.2, -0.15) is 0 Å². The lowest BCUT2D eigenvalue weighted by Gasteiger charge is -2.30. The van der Waals surface area contributed by atoms with Crippen LogP contribution in [0.1, 0.15) is 35.0 Å². The number of nitrogens with one attached hydrogen (secondary N) is 3. The van der Waals surface area contributed by atoms with Crippen LogP contribution in [0.2, 0.25) is 0 Å². The SMILES string of the molecule is O=C(C[NH+]1CC[NH+](Cc2nc3ccccc3s2)CC1)N[C@@H]1CCCc2ccccc21. The average Bonchev–Trinajstić information content (AvgIpc) is 3.18. The molecular formula is C24H30N4OS+2. The van der Waals surface area contributed by atoms with Crippen LogP contribution >= 0.6 is 11.3 Å². The van der Waals surface area contributed by atoms with Crippen LogP contribution in [0.3, 0.4) is 0 Å². The zero-order valence-electron chi connectivity index (χ0n) is 17.3. The third-order valence-corrected chi connectivity index (χ3v) is 7.56. The van der Waals surface area contributed by atoms with Crippen molar-refractivity contribution in [2.75, 3.05) is 32.7 Å². The van der Waals surface area contributed by atoms with Crippen molar-refractivity contribution in [1.82, 2.24) is 10.3 Å². The third kappa shape index (κ3) is 4.41. The Kier molecular flexibility index (Phi) is 5.79. The third-order valence-electron chi connectivity index (χ3n) is 6.52. The van der Waals surface area contributed by atoms with Crippen molar-refractivity contribution < 1.29 is 14.6 Å². The van der Waals surface area contributed by atoms with E-state index in [2.05, 4.69) is 53.8 Å². The van der Waals surface area contributed by atoms with E-state index < -0.39 is 0 Å². The maximum absolute atomic E-state index is 12.7. The molecule has 3 aromatic rings. The summed E-state index contributed by atoms with van der Waals surface area (Å²) in [5, 5.41) is 4.54. The number of aryl methyl sites for hydroxylation is 1. The Hall–Kier alpha value is -2.28. The molecule has 1 aliphatic carbocycles. The van der Waals surface area contributed by atoms with Gasteiger partial charge < -0.3 is 15.1 Å². The van der Waals surface area contributed by atoms with Crippen molar-refractivity contribution in [3.05, 3.63) is 64.7 Å². The van der Waals surface area contributed by atoms with E-state index in [1.807, 2.05) is 11.3 Å². The number of benzene rings is 2. The van der Waals surface area contributed by atoms with Crippen LogP contribution in [0.5, 0.6) is 0 Å². The summed E-state index contributed by atoms with van der Waals surface area (Å²) in [7, 11) is 0. The van der Waals surface area contributed by atoms with Crippen molar-refractivity contribution >= 4 is 27.5 Å². The normalized spacial score (nSPS) is 23.8. The van der Waals surface area contributed by atoms with Crippen molar-refractivity contribution in [2.24, 2.45) is 0 Å². The highest BCUT2D eigenvalue weighted by molar-refractivity contribution is 7.18. The van der Waals surface area contributed by atoms with Gasteiger partial charge in [-0.1, -0.05) is 36.4 Å². The zero-order valence-corrected chi connectivity index (χ0v) is 18.1. The van der Waals surface area contributed by atoms with Crippen LogP contribution in [0.4, 0.5) is 0 Å². The molecule has 1 saturated heterocycles. The summed E-state index contributed by atoms with van der Waals surface area (Å²) < 4.78 is 1.28. The molecule has 5 rings (SSSR count). The first-order chi connectivity index (χ1) is 14.7. The van der Waals surface area contributed by atoms with E-state index >= 15 is 0 Å². The molecule has 6 heteroatoms. The molecule has 0 unspecified atom stereocenters. The van der Waals surface area contributed by atoms with Crippen molar-refractivity contribution in [3.63, 3.8) is 0 Å². The molecule has 5 nitrogen and oxygen atoms in total. The summed E-state index contributed by atoms with van der Waals surface area (Å²) in [5.74, 6) is 0.196. The fourth-order valence-electron chi connectivity index (χ4n) is 4.90. The Morgan fingerprint density at radius 2 is 1.80 bits per heavy atom. The number of para-hydroxylation sites is 1. The quantitative estimate of drug-likeness (QED) is 0.569. The maximum Gasteiger partial charge on any atom is 0.275 e. The summed E-state index contributed by atoms with van der Waals surface area (Å²) in [6, 6.07) is 17.1. The number of hydrogen-bond donors (Lipinski definition) is 3. The molecule has 1 atom stereocenters. The topological polar surface area (TPSA) is 50.9 Å². The minimum atomic E-state index is 0.188. The van der Waals surface area contributed by atoms with Gasteiger partial charge in [0.15, 0.2) is 6.54 Å². The standard InChI is InChI=1S/C24H28N4OS/c29-23(25-20-10-5-7-18-6-1-2-8-19(18)20)16-27-12-14-28(15-13-27)17-24-26-21-9-3-4-11-22(21)30-24/h1-4,6,8-9,11,20H,5,7,10,12-17H2,(H,25,29)/p+2/t20-/m1/s1. The Morgan fingerprint density at radius 1 is 1.03 bits per heavy atom. The minimum absolute atomic E-state index is 0.188. The number of quaternary nitrogens is 2. The second-order valence-corrected chi connectivity index (χ2v) is 9.76. The molecule has 1 aromatic heterocycles. The summed E-state index contributed by atoms with van der Waals surface area (Å²) in [6.07, 6.45) is 3.34. The second-order valence-electron chi connectivity index (χ2n) is 8.64. The maximum atomic E-state index is 12.7.